The third-order valence-electron chi connectivity index (χ3n) is 6.27. The van der Waals surface area contributed by atoms with Crippen LogP contribution in [0.4, 0.5) is 0 Å². The van der Waals surface area contributed by atoms with Crippen LogP contribution in [-0.4, -0.2) is 67.7 Å². The second-order valence-electron chi connectivity index (χ2n) is 8.63. The van der Waals surface area contributed by atoms with Crippen LogP contribution >= 0.6 is 0 Å². The molecule has 1 saturated heterocycles. The Morgan fingerprint density at radius 2 is 2.24 bits per heavy atom. The molecule has 1 aromatic carbocycles. The van der Waals surface area contributed by atoms with E-state index in [1.54, 1.807) is 0 Å². The number of tetrazole rings is 1. The fourth-order valence-electron chi connectivity index (χ4n) is 4.61. The molecule has 0 aliphatic carbocycles. The first-order valence-electron chi connectivity index (χ1n) is 12.1. The number of hydrogen-bond donors (Lipinski definition) is 2. The zero-order valence-electron chi connectivity index (χ0n) is 19.9. The van der Waals surface area contributed by atoms with E-state index in [-0.39, 0.29) is 24.3 Å². The molecule has 34 heavy (non-hydrogen) atoms. The molecule has 3 heterocycles. The zero-order chi connectivity index (χ0) is 23.9. The molecule has 2 N–H and O–H groups in total. The maximum Gasteiger partial charge on any atom is 0.252 e. The van der Waals surface area contributed by atoms with Gasteiger partial charge in [-0.25, -0.2) is 4.68 Å². The molecule has 0 spiro atoms. The number of benzene rings is 1. The Hall–Kier alpha value is -2.82. The van der Waals surface area contributed by atoms with Gasteiger partial charge in [0.25, 0.3) is 5.56 Å². The molecule has 3 aromatic rings. The Labute approximate surface area is 198 Å². The van der Waals surface area contributed by atoms with Crippen LogP contribution in [0.25, 0.3) is 10.9 Å². The molecule has 10 heteroatoms. The van der Waals surface area contributed by atoms with Crippen molar-refractivity contribution in [1.82, 2.24) is 30.1 Å². The summed E-state index contributed by atoms with van der Waals surface area (Å²) in [4.78, 5) is 18.1. The average Bonchev–Trinajstić information content (AvgIpc) is 3.51. The number of aliphatic hydroxyl groups is 1. The second-order valence-corrected chi connectivity index (χ2v) is 8.63. The van der Waals surface area contributed by atoms with E-state index in [2.05, 4.69) is 32.3 Å². The molecule has 0 saturated carbocycles. The van der Waals surface area contributed by atoms with Gasteiger partial charge in [0, 0.05) is 42.8 Å². The monoisotopic (exact) mass is 470 g/mol. The quantitative estimate of drug-likeness (QED) is 0.414. The molecule has 1 aliphatic heterocycles. The summed E-state index contributed by atoms with van der Waals surface area (Å²) < 4.78 is 13.2. The molecule has 2 aromatic heterocycles. The largest absolute Gasteiger partial charge is 0.494 e. The second kappa shape index (κ2) is 11.5. The lowest BCUT2D eigenvalue weighted by Crippen LogP contribution is -2.34. The van der Waals surface area contributed by atoms with Crippen LogP contribution in [0.5, 0.6) is 5.75 Å². The number of H-pyrrole nitrogens is 1. The van der Waals surface area contributed by atoms with Gasteiger partial charge in [-0.1, -0.05) is 6.92 Å². The summed E-state index contributed by atoms with van der Waals surface area (Å²) in [6.07, 6.45) is 3.52. The Morgan fingerprint density at radius 1 is 1.35 bits per heavy atom. The van der Waals surface area contributed by atoms with Crippen LogP contribution in [0.2, 0.25) is 0 Å². The Morgan fingerprint density at radius 3 is 2.97 bits per heavy atom. The van der Waals surface area contributed by atoms with Gasteiger partial charge in [-0.05, 0) is 67.3 Å². The topological polar surface area (TPSA) is 118 Å². The summed E-state index contributed by atoms with van der Waals surface area (Å²) in [6, 6.07) is 7.48. The van der Waals surface area contributed by atoms with Crippen molar-refractivity contribution < 1.29 is 14.6 Å². The number of rotatable bonds is 12. The molecular formula is C24H34N6O4. The van der Waals surface area contributed by atoms with Gasteiger partial charge in [0.1, 0.15) is 5.75 Å². The number of aliphatic hydroxyl groups excluding tert-OH is 1. The lowest BCUT2D eigenvalue weighted by molar-refractivity contribution is 0.0888. The summed E-state index contributed by atoms with van der Waals surface area (Å²) in [6.45, 7) is 7.09. The van der Waals surface area contributed by atoms with Gasteiger partial charge in [-0.3, -0.25) is 9.69 Å². The van der Waals surface area contributed by atoms with Gasteiger partial charge < -0.3 is 19.6 Å². The van der Waals surface area contributed by atoms with Crippen molar-refractivity contribution in [3.8, 4) is 5.75 Å². The van der Waals surface area contributed by atoms with Gasteiger partial charge in [0.05, 0.1) is 25.3 Å². The molecule has 2 atom stereocenters. The first-order chi connectivity index (χ1) is 16.6. The maximum absolute atomic E-state index is 12.9. The number of ether oxygens (including phenoxy) is 2. The molecule has 10 nitrogen and oxygen atoms in total. The molecule has 1 fully saturated rings. The SMILES string of the molecule is CCOc1ccc2[nH]c(=O)c(CN(CCCO)[C@H](CC)c3nnnn3C[C@@H]3CCCO3)cc2c1. The predicted octanol–water partition coefficient (Wildman–Crippen LogP) is 2.43. The number of fused-ring (bicyclic) bond motifs is 1. The summed E-state index contributed by atoms with van der Waals surface area (Å²) in [7, 11) is 0. The number of nitrogens with zero attached hydrogens (tertiary/aromatic N) is 5. The first kappa shape index (κ1) is 24.3. The Balaban J connectivity index is 1.62. The number of nitrogens with one attached hydrogen (secondary N) is 1. The van der Waals surface area contributed by atoms with Crippen molar-refractivity contribution in [1.29, 1.82) is 0 Å². The van der Waals surface area contributed by atoms with Crippen LogP contribution in [0.3, 0.4) is 0 Å². The van der Waals surface area contributed by atoms with E-state index in [1.165, 1.54) is 0 Å². The molecule has 1 aliphatic rings. The standard InChI is InChI=1S/C24H34N6O4/c1-3-22(23-26-27-28-30(23)16-20-7-5-12-34-20)29(10-6-11-31)15-18-13-17-14-19(33-4-2)8-9-21(17)25-24(18)32/h8-9,13-14,20,22,31H,3-7,10-12,15-16H2,1-2H3,(H,25,32)/t20-,22+/m0/s1. The van der Waals surface area contributed by atoms with E-state index in [9.17, 15) is 9.90 Å². The average molecular weight is 471 g/mol. The summed E-state index contributed by atoms with van der Waals surface area (Å²) in [5.74, 6) is 1.52. The van der Waals surface area contributed by atoms with E-state index < -0.39 is 0 Å². The van der Waals surface area contributed by atoms with Gasteiger partial charge in [0.2, 0.25) is 0 Å². The van der Waals surface area contributed by atoms with Crippen LogP contribution < -0.4 is 10.3 Å². The number of pyridine rings is 1. The normalized spacial score (nSPS) is 17.0. The van der Waals surface area contributed by atoms with Crippen LogP contribution in [0, 0.1) is 0 Å². The molecule has 4 rings (SSSR count). The lowest BCUT2D eigenvalue weighted by atomic mass is 10.1. The predicted molar refractivity (Wildman–Crippen MR) is 128 cm³/mol. The third-order valence-corrected chi connectivity index (χ3v) is 6.27. The minimum absolute atomic E-state index is 0.0690. The van der Waals surface area contributed by atoms with Crippen LogP contribution in [0.1, 0.15) is 57.0 Å². The zero-order valence-corrected chi connectivity index (χ0v) is 19.9. The Kier molecular flexibility index (Phi) is 8.25. The first-order valence-corrected chi connectivity index (χ1v) is 12.1. The molecule has 0 radical (unpaired) electrons. The highest BCUT2D eigenvalue weighted by Crippen LogP contribution is 2.26. The fraction of sp³-hybridized carbons (Fsp3) is 0.583. The van der Waals surface area contributed by atoms with Crippen molar-refractivity contribution in [3.05, 3.63) is 46.0 Å². The maximum atomic E-state index is 12.9. The van der Waals surface area contributed by atoms with Crippen molar-refractivity contribution in [2.75, 3.05) is 26.4 Å². The van der Waals surface area contributed by atoms with Gasteiger partial charge >= 0.3 is 0 Å². The molecule has 0 amide bonds. The van der Waals surface area contributed by atoms with Gasteiger partial charge in [-0.15, -0.1) is 5.10 Å². The van der Waals surface area contributed by atoms with Crippen LogP contribution in [0.15, 0.2) is 29.1 Å². The van der Waals surface area contributed by atoms with E-state index >= 15 is 0 Å². The minimum Gasteiger partial charge on any atom is -0.494 e. The highest BCUT2D eigenvalue weighted by atomic mass is 16.5. The molecule has 0 unspecified atom stereocenters. The van der Waals surface area contributed by atoms with E-state index in [0.717, 1.165) is 48.3 Å². The van der Waals surface area contributed by atoms with Crippen molar-refractivity contribution in [3.63, 3.8) is 0 Å². The lowest BCUT2D eigenvalue weighted by Gasteiger charge is -2.30. The number of aromatic nitrogens is 5. The number of hydrogen-bond acceptors (Lipinski definition) is 8. The van der Waals surface area contributed by atoms with Gasteiger partial charge in [-0.2, -0.15) is 0 Å². The highest BCUT2D eigenvalue weighted by molar-refractivity contribution is 5.80. The smallest absolute Gasteiger partial charge is 0.252 e. The van der Waals surface area contributed by atoms with Crippen molar-refractivity contribution >= 4 is 10.9 Å². The molecule has 184 valence electrons. The highest BCUT2D eigenvalue weighted by Gasteiger charge is 2.27. The summed E-state index contributed by atoms with van der Waals surface area (Å²) >= 11 is 0. The van der Waals surface area contributed by atoms with Crippen molar-refractivity contribution in [2.24, 2.45) is 0 Å². The van der Waals surface area contributed by atoms with Gasteiger partial charge in [0.15, 0.2) is 5.82 Å². The summed E-state index contributed by atoms with van der Waals surface area (Å²) in [5, 5.41) is 22.9. The third kappa shape index (κ3) is 5.63. The Bertz CT molecular complexity index is 1120. The van der Waals surface area contributed by atoms with Crippen molar-refractivity contribution in [2.45, 2.75) is 64.8 Å². The molecular weight excluding hydrogens is 436 g/mol. The number of aromatic amines is 1. The molecule has 0 bridgehead atoms. The van der Waals surface area contributed by atoms with E-state index in [4.69, 9.17) is 9.47 Å². The van der Waals surface area contributed by atoms with Crippen LogP contribution in [-0.2, 0) is 17.8 Å². The van der Waals surface area contributed by atoms with E-state index in [0.29, 0.717) is 38.2 Å². The summed E-state index contributed by atoms with van der Waals surface area (Å²) in [5.41, 5.74) is 1.29. The van der Waals surface area contributed by atoms with E-state index in [1.807, 2.05) is 35.9 Å². The fourth-order valence-corrected chi connectivity index (χ4v) is 4.61. The minimum atomic E-state index is -0.126.